The van der Waals surface area contributed by atoms with E-state index in [2.05, 4.69) is 18.8 Å². The van der Waals surface area contributed by atoms with Crippen LogP contribution in [0.5, 0.6) is 0 Å². The molecule has 2 aromatic heterocycles. The van der Waals surface area contributed by atoms with Gasteiger partial charge < -0.3 is 10.5 Å². The Kier molecular flexibility index (Phi) is 7.45. The largest absolute Gasteiger partial charge is 0.444 e. The van der Waals surface area contributed by atoms with Crippen molar-refractivity contribution < 1.29 is 14.3 Å². The maximum Gasteiger partial charge on any atom is 0.307 e. The number of amides is 1. The Morgan fingerprint density at radius 1 is 1.35 bits per heavy atom. The SMILES string of the molecule is CCCCC(CC)CCC(=O)OCn1ccc2c(Cl)c(C(N)=O)cnc21. The van der Waals surface area contributed by atoms with Gasteiger partial charge in [-0.15, -0.1) is 0 Å². The lowest BCUT2D eigenvalue weighted by atomic mass is 9.94. The van der Waals surface area contributed by atoms with E-state index in [1.165, 1.54) is 19.0 Å². The van der Waals surface area contributed by atoms with Crippen molar-refractivity contribution >= 4 is 34.5 Å². The molecule has 7 heteroatoms. The number of aromatic nitrogens is 2. The Morgan fingerprint density at radius 2 is 2.12 bits per heavy atom. The second kappa shape index (κ2) is 9.57. The first-order valence-electron chi connectivity index (χ1n) is 9.06. The molecular formula is C19H26ClN3O3. The molecule has 142 valence electrons. The number of carbonyl (C=O) groups is 2. The van der Waals surface area contributed by atoms with Crippen LogP contribution in [0.3, 0.4) is 0 Å². The highest BCUT2D eigenvalue weighted by Gasteiger charge is 2.15. The van der Waals surface area contributed by atoms with Gasteiger partial charge >= 0.3 is 5.97 Å². The maximum atomic E-state index is 12.0. The van der Waals surface area contributed by atoms with Crippen LogP contribution in [0.1, 0.15) is 62.7 Å². The van der Waals surface area contributed by atoms with Crippen LogP contribution in [0.25, 0.3) is 11.0 Å². The number of primary amides is 1. The highest BCUT2D eigenvalue weighted by Crippen LogP contribution is 2.26. The summed E-state index contributed by atoms with van der Waals surface area (Å²) in [5.41, 5.74) is 5.99. The number of pyridine rings is 1. The van der Waals surface area contributed by atoms with Gasteiger partial charge in [0.05, 0.1) is 10.6 Å². The monoisotopic (exact) mass is 379 g/mol. The van der Waals surface area contributed by atoms with Crippen molar-refractivity contribution in [1.29, 1.82) is 0 Å². The van der Waals surface area contributed by atoms with Gasteiger partial charge in [0.2, 0.25) is 0 Å². The van der Waals surface area contributed by atoms with Crippen LogP contribution in [-0.4, -0.2) is 21.4 Å². The van der Waals surface area contributed by atoms with Gasteiger partial charge in [-0.25, -0.2) is 4.98 Å². The van der Waals surface area contributed by atoms with Gasteiger partial charge in [0.1, 0.15) is 5.65 Å². The first-order chi connectivity index (χ1) is 12.5. The van der Waals surface area contributed by atoms with E-state index >= 15 is 0 Å². The van der Waals surface area contributed by atoms with Crippen LogP contribution in [0, 0.1) is 5.92 Å². The summed E-state index contributed by atoms with van der Waals surface area (Å²) in [6.07, 6.45) is 8.95. The normalized spacial score (nSPS) is 12.3. The average Bonchev–Trinajstić information content (AvgIpc) is 3.04. The summed E-state index contributed by atoms with van der Waals surface area (Å²) in [6.45, 7) is 4.40. The fraction of sp³-hybridized carbons (Fsp3) is 0.526. The van der Waals surface area contributed by atoms with E-state index in [-0.39, 0.29) is 23.3 Å². The number of hydrogen-bond donors (Lipinski definition) is 1. The number of rotatable bonds is 10. The number of carbonyl (C=O) groups excluding carboxylic acids is 2. The Bertz CT molecular complexity index is 773. The van der Waals surface area contributed by atoms with Crippen LogP contribution in [0.4, 0.5) is 0 Å². The molecule has 1 atom stereocenters. The molecule has 2 N–H and O–H groups in total. The highest BCUT2D eigenvalue weighted by molar-refractivity contribution is 6.38. The van der Waals surface area contributed by atoms with Gasteiger partial charge in [0.15, 0.2) is 6.73 Å². The van der Waals surface area contributed by atoms with Crippen molar-refractivity contribution in [3.05, 3.63) is 29.0 Å². The summed E-state index contributed by atoms with van der Waals surface area (Å²) in [5, 5.41) is 0.860. The van der Waals surface area contributed by atoms with Crippen LogP contribution in [0.15, 0.2) is 18.5 Å². The number of fused-ring (bicyclic) bond motifs is 1. The molecule has 0 bridgehead atoms. The molecule has 0 radical (unpaired) electrons. The third-order valence-electron chi connectivity index (χ3n) is 4.65. The van der Waals surface area contributed by atoms with Gasteiger partial charge in [-0.3, -0.25) is 14.2 Å². The summed E-state index contributed by atoms with van der Waals surface area (Å²) in [6, 6.07) is 1.73. The van der Waals surface area contributed by atoms with Crippen molar-refractivity contribution in [3.63, 3.8) is 0 Å². The van der Waals surface area contributed by atoms with Crippen molar-refractivity contribution in [2.45, 2.75) is 59.1 Å². The summed E-state index contributed by atoms with van der Waals surface area (Å²) in [4.78, 5) is 27.6. The molecule has 0 saturated carbocycles. The van der Waals surface area contributed by atoms with E-state index in [9.17, 15) is 9.59 Å². The van der Waals surface area contributed by atoms with Crippen molar-refractivity contribution in [3.8, 4) is 0 Å². The molecule has 0 aliphatic rings. The first-order valence-corrected chi connectivity index (χ1v) is 9.44. The van der Waals surface area contributed by atoms with Gasteiger partial charge in [-0.2, -0.15) is 0 Å². The zero-order valence-corrected chi connectivity index (χ0v) is 16.1. The first kappa shape index (κ1) is 20.2. The number of nitrogens with zero attached hydrogens (tertiary/aromatic N) is 2. The molecule has 0 aromatic carbocycles. The number of halogens is 1. The van der Waals surface area contributed by atoms with E-state index in [0.717, 1.165) is 19.3 Å². The van der Waals surface area contributed by atoms with E-state index in [1.54, 1.807) is 16.8 Å². The minimum absolute atomic E-state index is 0.0628. The number of unbranched alkanes of at least 4 members (excludes halogenated alkanes) is 1. The fourth-order valence-corrected chi connectivity index (χ4v) is 3.25. The quantitative estimate of drug-likeness (QED) is 0.624. The van der Waals surface area contributed by atoms with E-state index in [0.29, 0.717) is 23.4 Å². The predicted octanol–water partition coefficient (Wildman–Crippen LogP) is 4.29. The number of nitrogens with two attached hydrogens (primary N) is 1. The molecule has 1 unspecified atom stereocenters. The molecular weight excluding hydrogens is 354 g/mol. The summed E-state index contributed by atoms with van der Waals surface area (Å²) < 4.78 is 7.04. The summed E-state index contributed by atoms with van der Waals surface area (Å²) in [7, 11) is 0. The van der Waals surface area contributed by atoms with Crippen molar-refractivity contribution in [2.75, 3.05) is 0 Å². The smallest absolute Gasteiger partial charge is 0.307 e. The fourth-order valence-electron chi connectivity index (χ4n) is 2.96. The Labute approximate surface area is 158 Å². The van der Waals surface area contributed by atoms with Crippen molar-refractivity contribution in [2.24, 2.45) is 11.7 Å². The topological polar surface area (TPSA) is 87.2 Å². The molecule has 2 heterocycles. The Balaban J connectivity index is 1.94. The predicted molar refractivity (Wildman–Crippen MR) is 102 cm³/mol. The second-order valence-corrected chi connectivity index (χ2v) is 6.85. The number of hydrogen-bond acceptors (Lipinski definition) is 4. The molecule has 0 saturated heterocycles. The molecule has 2 aromatic rings. The third-order valence-corrected chi connectivity index (χ3v) is 5.06. The maximum absolute atomic E-state index is 12.0. The van der Waals surface area contributed by atoms with Crippen LogP contribution >= 0.6 is 11.6 Å². The molecule has 6 nitrogen and oxygen atoms in total. The lowest BCUT2D eigenvalue weighted by Crippen LogP contribution is -2.13. The zero-order valence-electron chi connectivity index (χ0n) is 15.3. The van der Waals surface area contributed by atoms with Gasteiger partial charge in [-0.1, -0.05) is 51.1 Å². The van der Waals surface area contributed by atoms with E-state index in [1.807, 2.05) is 0 Å². The summed E-state index contributed by atoms with van der Waals surface area (Å²) >= 11 is 6.19. The Morgan fingerprint density at radius 3 is 2.77 bits per heavy atom. The van der Waals surface area contributed by atoms with Crippen molar-refractivity contribution in [1.82, 2.24) is 9.55 Å². The lowest BCUT2D eigenvalue weighted by molar-refractivity contribution is -0.147. The molecule has 1 amide bonds. The van der Waals surface area contributed by atoms with Gasteiger partial charge in [0, 0.05) is 24.2 Å². The molecule has 0 aliphatic heterocycles. The zero-order chi connectivity index (χ0) is 19.1. The van der Waals surface area contributed by atoms with Crippen LogP contribution in [0.2, 0.25) is 5.02 Å². The van der Waals surface area contributed by atoms with Gasteiger partial charge in [0.25, 0.3) is 5.91 Å². The molecule has 26 heavy (non-hydrogen) atoms. The lowest BCUT2D eigenvalue weighted by Gasteiger charge is -2.14. The molecule has 0 fully saturated rings. The van der Waals surface area contributed by atoms with E-state index in [4.69, 9.17) is 22.1 Å². The average molecular weight is 380 g/mol. The highest BCUT2D eigenvalue weighted by atomic mass is 35.5. The standard InChI is InChI=1S/C19H26ClN3O3/c1-3-5-6-13(4-2)7-8-16(24)26-12-23-10-9-14-17(20)15(18(21)25)11-22-19(14)23/h9-11,13H,3-8,12H2,1-2H3,(H2,21,25). The Hall–Kier alpha value is -2.08. The molecule has 0 spiro atoms. The minimum atomic E-state index is -0.628. The van der Waals surface area contributed by atoms with Crippen LogP contribution in [-0.2, 0) is 16.3 Å². The van der Waals surface area contributed by atoms with Gasteiger partial charge in [-0.05, 0) is 18.4 Å². The molecule has 0 aliphatic carbocycles. The molecule has 2 rings (SSSR count). The van der Waals surface area contributed by atoms with E-state index < -0.39 is 5.91 Å². The van der Waals surface area contributed by atoms with Crippen LogP contribution < -0.4 is 5.73 Å². The summed E-state index contributed by atoms with van der Waals surface area (Å²) in [5.74, 6) is -0.276. The number of ether oxygens (including phenoxy) is 1. The third kappa shape index (κ3) is 4.97. The minimum Gasteiger partial charge on any atom is -0.444 e. The number of esters is 1. The second-order valence-electron chi connectivity index (χ2n) is 6.47.